The summed E-state index contributed by atoms with van der Waals surface area (Å²) in [5, 5.41) is 10.4. The number of aliphatic hydroxyl groups excluding tert-OH is 1. The number of allylic oxidation sites excluding steroid dienone is 4. The molecule has 4 aliphatic carbocycles. The van der Waals surface area contributed by atoms with Crippen LogP contribution in [0.2, 0.25) is 5.31 Å². The largest absolute Gasteiger partial charge is 0.458 e. The molecule has 5 rings (SSSR count). The van der Waals surface area contributed by atoms with E-state index in [9.17, 15) is 19.5 Å². The third-order valence-corrected chi connectivity index (χ3v) is 9.69. The second-order valence-corrected chi connectivity index (χ2v) is 11.8. The van der Waals surface area contributed by atoms with Crippen molar-refractivity contribution in [3.05, 3.63) is 23.8 Å². The van der Waals surface area contributed by atoms with Crippen LogP contribution in [0.4, 0.5) is 4.39 Å². The highest BCUT2D eigenvalue weighted by molar-refractivity contribution is 6.18. The molecule has 7 nitrogen and oxygen atoms in total. The summed E-state index contributed by atoms with van der Waals surface area (Å²) in [6, 6.07) is 0. The van der Waals surface area contributed by atoms with Crippen molar-refractivity contribution >= 4 is 25.4 Å². The van der Waals surface area contributed by atoms with Gasteiger partial charge in [0.1, 0.15) is 6.17 Å². The topological polar surface area (TPSA) is 99.1 Å². The molecular formula is C26H32BFO7. The van der Waals surface area contributed by atoms with Crippen LogP contribution < -0.4 is 0 Å². The summed E-state index contributed by atoms with van der Waals surface area (Å²) < 4.78 is 33.3. The van der Waals surface area contributed by atoms with E-state index in [1.165, 1.54) is 19.1 Å². The summed E-state index contributed by atoms with van der Waals surface area (Å²) in [6.07, 6.45) is 1.60. The Morgan fingerprint density at radius 3 is 2.57 bits per heavy atom. The maximum atomic E-state index is 15.7. The van der Waals surface area contributed by atoms with Gasteiger partial charge in [-0.25, -0.2) is 4.39 Å². The van der Waals surface area contributed by atoms with E-state index in [4.69, 9.17) is 22.1 Å². The molecule has 0 spiro atoms. The van der Waals surface area contributed by atoms with Gasteiger partial charge in [0.15, 0.2) is 23.8 Å². The number of hydrogen-bond donors (Lipinski definition) is 1. The van der Waals surface area contributed by atoms with Crippen molar-refractivity contribution in [1.29, 1.82) is 0 Å². The van der Waals surface area contributed by atoms with E-state index in [-0.39, 0.29) is 24.5 Å². The summed E-state index contributed by atoms with van der Waals surface area (Å²) in [5.74, 6) is -3.24. The van der Waals surface area contributed by atoms with E-state index >= 15 is 4.39 Å². The lowest BCUT2D eigenvalue weighted by Crippen LogP contribution is -2.66. The van der Waals surface area contributed by atoms with Crippen molar-refractivity contribution < 1.29 is 38.1 Å². The fraction of sp³-hybridized carbons (Fsp3) is 0.731. The number of carbonyl (C=O) groups excluding carboxylic acids is 3. The van der Waals surface area contributed by atoms with E-state index in [1.807, 2.05) is 6.92 Å². The number of halogens is 1. The van der Waals surface area contributed by atoms with Gasteiger partial charge in [-0.15, -0.1) is 0 Å². The lowest BCUT2D eigenvalue weighted by Gasteiger charge is -2.66. The Morgan fingerprint density at radius 1 is 1.23 bits per heavy atom. The van der Waals surface area contributed by atoms with Crippen molar-refractivity contribution in [2.24, 2.45) is 22.7 Å². The predicted molar refractivity (Wildman–Crippen MR) is 123 cm³/mol. The molecule has 4 fully saturated rings. The maximum absolute atomic E-state index is 15.7. The maximum Gasteiger partial charge on any atom is 0.303 e. The smallest absolute Gasteiger partial charge is 0.303 e. The van der Waals surface area contributed by atoms with Crippen molar-refractivity contribution in [2.75, 3.05) is 6.61 Å². The second-order valence-electron chi connectivity index (χ2n) is 11.8. The zero-order valence-electron chi connectivity index (χ0n) is 20.8. The van der Waals surface area contributed by atoms with Crippen LogP contribution in [-0.2, 0) is 28.6 Å². The van der Waals surface area contributed by atoms with Crippen LogP contribution in [-0.4, -0.2) is 66.9 Å². The van der Waals surface area contributed by atoms with Crippen molar-refractivity contribution in [2.45, 2.75) is 89.0 Å². The number of carbonyl (C=O) groups is 3. The van der Waals surface area contributed by atoms with E-state index in [2.05, 4.69) is 0 Å². The van der Waals surface area contributed by atoms with Crippen LogP contribution in [0.1, 0.15) is 53.9 Å². The van der Waals surface area contributed by atoms with Gasteiger partial charge in [-0.2, -0.15) is 0 Å². The van der Waals surface area contributed by atoms with Crippen LogP contribution in [0.3, 0.4) is 0 Å². The highest BCUT2D eigenvalue weighted by atomic mass is 19.1. The fourth-order valence-electron chi connectivity index (χ4n) is 8.21. The molecule has 3 saturated carbocycles. The van der Waals surface area contributed by atoms with E-state index in [1.54, 1.807) is 26.8 Å². The molecule has 0 aromatic carbocycles. The zero-order chi connectivity index (χ0) is 25.8. The number of aliphatic hydroxyl groups is 1. The lowest BCUT2D eigenvalue weighted by molar-refractivity contribution is -0.224. The highest BCUT2D eigenvalue weighted by Gasteiger charge is 2.79. The third kappa shape index (κ3) is 2.98. The van der Waals surface area contributed by atoms with Crippen LogP contribution in [0.5, 0.6) is 0 Å². The average Bonchev–Trinajstić information content (AvgIpc) is 3.16. The number of fused-ring (bicyclic) bond motifs is 7. The fourth-order valence-corrected chi connectivity index (χ4v) is 8.21. The van der Waals surface area contributed by atoms with Crippen molar-refractivity contribution in [3.63, 3.8) is 0 Å². The van der Waals surface area contributed by atoms with Gasteiger partial charge in [0.2, 0.25) is 5.78 Å². The van der Waals surface area contributed by atoms with Gasteiger partial charge in [0.05, 0.1) is 20.1 Å². The number of ketones is 2. The van der Waals surface area contributed by atoms with Gasteiger partial charge in [0, 0.05) is 17.8 Å². The Bertz CT molecular complexity index is 1070. The molecule has 0 aromatic heterocycles. The summed E-state index contributed by atoms with van der Waals surface area (Å²) in [7, 11) is 7.08. The molecule has 9 atom stereocenters. The molecule has 1 heterocycles. The second kappa shape index (κ2) is 7.36. The number of Topliss-reactive ketones (excluding diaryl/α,β-unsaturated/α-hetero) is 1. The minimum absolute atomic E-state index is 0.0146. The first-order chi connectivity index (χ1) is 16.1. The van der Waals surface area contributed by atoms with Crippen LogP contribution >= 0.6 is 0 Å². The molecule has 9 heteroatoms. The number of ether oxygens (including phenoxy) is 3. The number of esters is 1. The molecule has 0 aromatic rings. The summed E-state index contributed by atoms with van der Waals surface area (Å²) >= 11 is 0. The molecule has 5 aliphatic rings. The monoisotopic (exact) mass is 486 g/mol. The molecule has 188 valence electrons. The quantitative estimate of drug-likeness (QED) is 0.484. The Labute approximate surface area is 205 Å². The SMILES string of the molecule is [B][C@]12C(C[C@H](F)C3=CC(=O)C=C[C@@]31C)C1C[C@H]3OC(C)(C)O[C@@]3(C(=O)COC(C)=O)[C@@]1(C)C[C@@H]2O. The molecule has 1 aliphatic heterocycles. The van der Waals surface area contributed by atoms with Crippen molar-refractivity contribution in [1.82, 2.24) is 0 Å². The molecule has 0 bridgehead atoms. The minimum Gasteiger partial charge on any atom is -0.458 e. The first-order valence-electron chi connectivity index (χ1n) is 12.2. The minimum atomic E-state index is -1.49. The van der Waals surface area contributed by atoms with Gasteiger partial charge < -0.3 is 19.3 Å². The van der Waals surface area contributed by atoms with Crippen molar-refractivity contribution in [3.8, 4) is 0 Å². The average molecular weight is 486 g/mol. The molecule has 35 heavy (non-hydrogen) atoms. The van der Waals surface area contributed by atoms with Crippen LogP contribution in [0.25, 0.3) is 0 Å². The van der Waals surface area contributed by atoms with Crippen LogP contribution in [0, 0.1) is 22.7 Å². The molecular weight excluding hydrogens is 454 g/mol. The van der Waals surface area contributed by atoms with Crippen LogP contribution in [0.15, 0.2) is 23.8 Å². The lowest BCUT2D eigenvalue weighted by atomic mass is 9.33. The zero-order valence-corrected chi connectivity index (χ0v) is 20.8. The van der Waals surface area contributed by atoms with Gasteiger partial charge >= 0.3 is 5.97 Å². The van der Waals surface area contributed by atoms with E-state index in [0.29, 0.717) is 12.0 Å². The Kier molecular flexibility index (Phi) is 5.22. The number of rotatable bonds is 3. The predicted octanol–water partition coefficient (Wildman–Crippen LogP) is 2.56. The molecule has 0 amide bonds. The van der Waals surface area contributed by atoms with Gasteiger partial charge in [0.25, 0.3) is 0 Å². The van der Waals surface area contributed by atoms with E-state index < -0.39 is 70.2 Å². The van der Waals surface area contributed by atoms with Gasteiger partial charge in [-0.1, -0.05) is 19.9 Å². The first kappa shape index (κ1) is 24.8. The molecule has 2 unspecified atom stereocenters. The van der Waals surface area contributed by atoms with Gasteiger partial charge in [-0.3, -0.25) is 14.4 Å². The Morgan fingerprint density at radius 2 is 1.91 bits per heavy atom. The summed E-state index contributed by atoms with van der Waals surface area (Å²) in [4.78, 5) is 37.3. The number of alkyl halides is 1. The standard InChI is InChI=1S/C26H32BFO7/c1-13(29)33-12-20(32)26-21(34-22(2,3)35-26)10-15-16-9-18(28)17-8-14(30)6-7-23(17,4)25(16,27)19(31)11-24(15,26)5/h6-8,15-16,18-19,21,31H,9-12H2,1-5H3/t15?,16?,18-,19-,21+,23-,24-,25-,26+/m0/s1. The molecule has 1 N–H and O–H groups in total. The normalized spacial score (nSPS) is 49.4. The molecule has 1 saturated heterocycles. The van der Waals surface area contributed by atoms with E-state index in [0.717, 1.165) is 0 Å². The first-order valence-corrected chi connectivity index (χ1v) is 12.2. The highest BCUT2D eigenvalue weighted by Crippen LogP contribution is 2.76. The molecule has 2 radical (unpaired) electrons. The number of hydrogen-bond acceptors (Lipinski definition) is 7. The summed E-state index contributed by atoms with van der Waals surface area (Å²) in [6.45, 7) is 7.83. The Balaban J connectivity index is 1.62. The third-order valence-electron chi connectivity index (χ3n) is 9.69. The Hall–Kier alpha value is -1.84. The summed E-state index contributed by atoms with van der Waals surface area (Å²) in [5.41, 5.74) is -3.22. The van der Waals surface area contributed by atoms with Gasteiger partial charge in [-0.05, 0) is 68.0 Å².